The van der Waals surface area contributed by atoms with Crippen LogP contribution in [0.25, 0.3) is 11.8 Å². The molecule has 1 amide bonds. The molecule has 5 nitrogen and oxygen atoms in total. The number of aromatic nitrogens is 2. The van der Waals surface area contributed by atoms with Crippen LogP contribution in [0.2, 0.25) is 0 Å². The zero-order valence-electron chi connectivity index (χ0n) is 13.5. The lowest BCUT2D eigenvalue weighted by Gasteiger charge is -2.13. The summed E-state index contributed by atoms with van der Waals surface area (Å²) in [6.45, 7) is 4.31. The highest BCUT2D eigenvalue weighted by atomic mass is 16.3. The Hall–Kier alpha value is -2.40. The standard InChI is InChI=1S/C18H23N3O2/c1-14(10-15(2)22)11-19-18(23)9-8-16-12-20-21(13-16)17-6-4-3-5-7-17/h3-9,12-15,22H,10-11H2,1-2H3,(H,19,23). The number of para-hydroxylation sites is 1. The summed E-state index contributed by atoms with van der Waals surface area (Å²) in [6, 6.07) is 9.80. The van der Waals surface area contributed by atoms with Crippen LogP contribution in [0.1, 0.15) is 25.8 Å². The molecule has 5 heteroatoms. The van der Waals surface area contributed by atoms with E-state index in [4.69, 9.17) is 0 Å². The molecule has 2 aromatic rings. The molecular formula is C18H23N3O2. The maximum atomic E-state index is 11.8. The van der Waals surface area contributed by atoms with Gasteiger partial charge in [-0.1, -0.05) is 25.1 Å². The lowest BCUT2D eigenvalue weighted by molar-refractivity contribution is -0.116. The third-order valence-corrected chi connectivity index (χ3v) is 3.42. The molecule has 0 fully saturated rings. The van der Waals surface area contributed by atoms with Crippen LogP contribution in [0.3, 0.4) is 0 Å². The molecule has 2 atom stereocenters. The van der Waals surface area contributed by atoms with Crippen molar-refractivity contribution >= 4 is 12.0 Å². The van der Waals surface area contributed by atoms with E-state index in [2.05, 4.69) is 10.4 Å². The topological polar surface area (TPSA) is 67.2 Å². The van der Waals surface area contributed by atoms with E-state index < -0.39 is 0 Å². The second kappa shape index (κ2) is 8.29. The van der Waals surface area contributed by atoms with Crippen LogP contribution < -0.4 is 5.32 Å². The number of benzene rings is 1. The third kappa shape index (κ3) is 5.71. The van der Waals surface area contributed by atoms with Gasteiger partial charge in [0, 0.05) is 24.4 Å². The normalized spacial score (nSPS) is 13.9. The van der Waals surface area contributed by atoms with Gasteiger partial charge in [0.1, 0.15) is 0 Å². The molecule has 0 saturated carbocycles. The highest BCUT2D eigenvalue weighted by Gasteiger charge is 2.07. The number of rotatable bonds is 7. The molecule has 0 spiro atoms. The van der Waals surface area contributed by atoms with Crippen molar-refractivity contribution in [2.45, 2.75) is 26.4 Å². The average molecular weight is 313 g/mol. The molecule has 0 aliphatic carbocycles. The fourth-order valence-corrected chi connectivity index (χ4v) is 2.32. The summed E-state index contributed by atoms with van der Waals surface area (Å²) in [6.07, 6.45) is 7.15. The van der Waals surface area contributed by atoms with Crippen LogP contribution in [-0.2, 0) is 4.79 Å². The van der Waals surface area contributed by atoms with Crippen molar-refractivity contribution in [1.82, 2.24) is 15.1 Å². The summed E-state index contributed by atoms with van der Waals surface area (Å²) < 4.78 is 1.77. The summed E-state index contributed by atoms with van der Waals surface area (Å²) in [5, 5.41) is 16.4. The van der Waals surface area contributed by atoms with Crippen molar-refractivity contribution in [3.05, 3.63) is 54.4 Å². The Labute approximate surface area is 136 Å². The number of hydrogen-bond donors (Lipinski definition) is 2. The van der Waals surface area contributed by atoms with Gasteiger partial charge in [0.2, 0.25) is 5.91 Å². The number of nitrogens with zero attached hydrogens (tertiary/aromatic N) is 2. The number of carbonyl (C=O) groups excluding carboxylic acids is 1. The van der Waals surface area contributed by atoms with Gasteiger partial charge in [-0.15, -0.1) is 0 Å². The number of aliphatic hydroxyl groups excluding tert-OH is 1. The van der Waals surface area contributed by atoms with Crippen LogP contribution in [-0.4, -0.2) is 33.4 Å². The largest absolute Gasteiger partial charge is 0.393 e. The number of nitrogens with one attached hydrogen (secondary N) is 1. The van der Waals surface area contributed by atoms with Gasteiger partial charge >= 0.3 is 0 Å². The highest BCUT2D eigenvalue weighted by molar-refractivity contribution is 5.91. The number of hydrogen-bond acceptors (Lipinski definition) is 3. The van der Waals surface area contributed by atoms with Crippen molar-refractivity contribution < 1.29 is 9.90 Å². The first-order chi connectivity index (χ1) is 11.0. The van der Waals surface area contributed by atoms with Gasteiger partial charge in [-0.05, 0) is 37.5 Å². The van der Waals surface area contributed by atoms with Gasteiger partial charge in [-0.3, -0.25) is 4.79 Å². The molecule has 0 aliphatic heterocycles. The summed E-state index contributed by atoms with van der Waals surface area (Å²) in [4.78, 5) is 11.8. The van der Waals surface area contributed by atoms with Gasteiger partial charge in [0.15, 0.2) is 0 Å². The van der Waals surface area contributed by atoms with Crippen LogP contribution in [0.15, 0.2) is 48.8 Å². The monoisotopic (exact) mass is 313 g/mol. The van der Waals surface area contributed by atoms with E-state index in [-0.39, 0.29) is 17.9 Å². The van der Waals surface area contributed by atoms with Gasteiger partial charge in [-0.25, -0.2) is 4.68 Å². The first-order valence-corrected chi connectivity index (χ1v) is 7.78. The molecule has 1 aromatic heterocycles. The minimum atomic E-state index is -0.346. The lowest BCUT2D eigenvalue weighted by atomic mass is 10.0. The van der Waals surface area contributed by atoms with Crippen LogP contribution in [0, 0.1) is 5.92 Å². The molecule has 2 N–H and O–H groups in total. The Bertz CT molecular complexity index is 647. The lowest BCUT2D eigenvalue weighted by Crippen LogP contribution is -2.27. The minimum absolute atomic E-state index is 0.144. The maximum absolute atomic E-state index is 11.8. The van der Waals surface area contributed by atoms with E-state index in [0.29, 0.717) is 13.0 Å². The summed E-state index contributed by atoms with van der Waals surface area (Å²) >= 11 is 0. The molecule has 122 valence electrons. The fourth-order valence-electron chi connectivity index (χ4n) is 2.32. The molecule has 0 aliphatic rings. The van der Waals surface area contributed by atoms with Crippen LogP contribution in [0.5, 0.6) is 0 Å². The molecule has 0 bridgehead atoms. The zero-order valence-corrected chi connectivity index (χ0v) is 13.5. The van der Waals surface area contributed by atoms with E-state index in [1.165, 1.54) is 6.08 Å². The Morgan fingerprint density at radius 1 is 1.35 bits per heavy atom. The second-order valence-electron chi connectivity index (χ2n) is 5.82. The van der Waals surface area contributed by atoms with Crippen molar-refractivity contribution in [3.63, 3.8) is 0 Å². The second-order valence-corrected chi connectivity index (χ2v) is 5.82. The molecule has 2 unspecified atom stereocenters. The molecule has 23 heavy (non-hydrogen) atoms. The maximum Gasteiger partial charge on any atom is 0.244 e. The number of aliphatic hydroxyl groups is 1. The van der Waals surface area contributed by atoms with E-state index in [0.717, 1.165) is 11.3 Å². The average Bonchev–Trinajstić information content (AvgIpc) is 3.00. The summed E-state index contributed by atoms with van der Waals surface area (Å²) in [5.41, 5.74) is 1.84. The first kappa shape index (κ1) is 17.0. The number of carbonyl (C=O) groups is 1. The Morgan fingerprint density at radius 2 is 2.09 bits per heavy atom. The highest BCUT2D eigenvalue weighted by Crippen LogP contribution is 2.08. The molecule has 0 saturated heterocycles. The van der Waals surface area contributed by atoms with Crippen LogP contribution >= 0.6 is 0 Å². The summed E-state index contributed by atoms with van der Waals surface area (Å²) in [5.74, 6) is 0.100. The Morgan fingerprint density at radius 3 is 2.78 bits per heavy atom. The van der Waals surface area contributed by atoms with Gasteiger partial charge in [0.25, 0.3) is 0 Å². The number of amides is 1. The molecule has 1 aromatic carbocycles. The Balaban J connectivity index is 1.86. The van der Waals surface area contributed by atoms with Crippen molar-refractivity contribution in [2.75, 3.05) is 6.54 Å². The van der Waals surface area contributed by atoms with Crippen molar-refractivity contribution in [3.8, 4) is 5.69 Å². The predicted octanol–water partition coefficient (Wildman–Crippen LogP) is 2.41. The Kier molecular flexibility index (Phi) is 6.11. The molecular weight excluding hydrogens is 290 g/mol. The summed E-state index contributed by atoms with van der Waals surface area (Å²) in [7, 11) is 0. The smallest absolute Gasteiger partial charge is 0.244 e. The van der Waals surface area contributed by atoms with Crippen molar-refractivity contribution in [2.24, 2.45) is 5.92 Å². The quantitative estimate of drug-likeness (QED) is 0.771. The SMILES string of the molecule is CC(O)CC(C)CNC(=O)C=Cc1cnn(-c2ccccc2)c1. The van der Waals surface area contributed by atoms with Gasteiger partial charge in [-0.2, -0.15) is 5.10 Å². The minimum Gasteiger partial charge on any atom is -0.393 e. The molecule has 2 rings (SSSR count). The van der Waals surface area contributed by atoms with Crippen LogP contribution in [0.4, 0.5) is 0 Å². The van der Waals surface area contributed by atoms with E-state index in [9.17, 15) is 9.90 Å². The predicted molar refractivity (Wildman–Crippen MR) is 91.1 cm³/mol. The van der Waals surface area contributed by atoms with E-state index in [1.807, 2.05) is 43.5 Å². The van der Waals surface area contributed by atoms with Gasteiger partial charge < -0.3 is 10.4 Å². The van der Waals surface area contributed by atoms with Crippen molar-refractivity contribution in [1.29, 1.82) is 0 Å². The zero-order chi connectivity index (χ0) is 16.7. The fraction of sp³-hybridized carbons (Fsp3) is 0.333. The van der Waals surface area contributed by atoms with E-state index in [1.54, 1.807) is 23.9 Å². The third-order valence-electron chi connectivity index (χ3n) is 3.42. The van der Waals surface area contributed by atoms with E-state index >= 15 is 0 Å². The molecule has 0 radical (unpaired) electrons. The first-order valence-electron chi connectivity index (χ1n) is 7.78. The molecule has 1 heterocycles. The van der Waals surface area contributed by atoms with Gasteiger partial charge in [0.05, 0.1) is 18.0 Å².